The Labute approximate surface area is 230 Å². The summed E-state index contributed by atoms with van der Waals surface area (Å²) in [5.74, 6) is -0.0824. The summed E-state index contributed by atoms with van der Waals surface area (Å²) < 4.78 is 45.4. The van der Waals surface area contributed by atoms with E-state index in [1.807, 2.05) is 33.8 Å². The van der Waals surface area contributed by atoms with Crippen LogP contribution in [0.2, 0.25) is 0 Å². The van der Waals surface area contributed by atoms with Crippen LogP contribution in [0.1, 0.15) is 78.8 Å². The molecular weight excluding hydrogens is 525 g/mol. The molecule has 3 aromatic rings. The van der Waals surface area contributed by atoms with Crippen molar-refractivity contribution in [2.45, 2.75) is 71.6 Å². The minimum atomic E-state index is -4.49. The first-order valence-corrected chi connectivity index (χ1v) is 13.1. The third kappa shape index (κ3) is 6.78. The van der Waals surface area contributed by atoms with Gasteiger partial charge in [0.05, 0.1) is 34.9 Å². The van der Waals surface area contributed by atoms with Gasteiger partial charge in [0, 0.05) is 30.9 Å². The Hall–Kier alpha value is -3.96. The second-order valence-corrected chi connectivity index (χ2v) is 10.9. The molecule has 1 atom stereocenters. The van der Waals surface area contributed by atoms with Gasteiger partial charge in [-0.2, -0.15) is 18.3 Å². The lowest BCUT2D eigenvalue weighted by Crippen LogP contribution is -2.37. The number of nitrogens with one attached hydrogen (secondary N) is 1. The molecule has 214 valence electrons. The first-order valence-electron chi connectivity index (χ1n) is 13.1. The standard InChI is InChI=1S/C28H33F3N6O3/c1-17-13-21(15-33-24(17)19-7-6-11-36(12-10-19)26(39)40-27(3,4)5)35-25(38)22-16-34-37(18(22)2)23-9-8-20(14-32-23)28(29,30)31/h8-9,13-16,19H,6-7,10-12H2,1-5H3,(H,35,38). The van der Waals surface area contributed by atoms with Gasteiger partial charge in [-0.25, -0.2) is 14.5 Å². The van der Waals surface area contributed by atoms with Gasteiger partial charge in [0.1, 0.15) is 5.60 Å². The second kappa shape index (κ2) is 11.3. The van der Waals surface area contributed by atoms with Crippen LogP contribution in [0.4, 0.5) is 23.7 Å². The van der Waals surface area contributed by atoms with Gasteiger partial charge in [-0.3, -0.25) is 9.78 Å². The van der Waals surface area contributed by atoms with Crippen molar-refractivity contribution in [2.75, 3.05) is 18.4 Å². The predicted molar refractivity (Wildman–Crippen MR) is 142 cm³/mol. The molecule has 0 saturated carbocycles. The SMILES string of the molecule is Cc1cc(NC(=O)c2cnn(-c3ccc(C(F)(F)F)cn3)c2C)cnc1C1CCCN(C(=O)OC(C)(C)C)CC1. The van der Waals surface area contributed by atoms with Gasteiger partial charge in [0.2, 0.25) is 0 Å². The Morgan fingerprint density at radius 1 is 1.02 bits per heavy atom. The van der Waals surface area contributed by atoms with Crippen LogP contribution in [0.5, 0.6) is 0 Å². The largest absolute Gasteiger partial charge is 0.444 e. The minimum absolute atomic E-state index is 0.167. The number of amides is 2. The number of carbonyl (C=O) groups excluding carboxylic acids is 2. The van der Waals surface area contributed by atoms with Gasteiger partial charge >= 0.3 is 12.3 Å². The van der Waals surface area contributed by atoms with Crippen LogP contribution in [0.25, 0.3) is 5.82 Å². The number of halogens is 3. The maximum absolute atomic E-state index is 13.0. The Kier molecular flexibility index (Phi) is 8.18. The summed E-state index contributed by atoms with van der Waals surface area (Å²) in [7, 11) is 0. The quantitative estimate of drug-likeness (QED) is 0.418. The van der Waals surface area contributed by atoms with Crippen molar-refractivity contribution >= 4 is 17.7 Å². The van der Waals surface area contributed by atoms with Crippen LogP contribution < -0.4 is 5.32 Å². The molecule has 1 N–H and O–H groups in total. The lowest BCUT2D eigenvalue weighted by molar-refractivity contribution is -0.137. The fraction of sp³-hybridized carbons (Fsp3) is 0.464. The fourth-order valence-electron chi connectivity index (χ4n) is 4.70. The Morgan fingerprint density at radius 3 is 2.40 bits per heavy atom. The van der Waals surface area contributed by atoms with Crippen molar-refractivity contribution in [3.05, 3.63) is 64.9 Å². The summed E-state index contributed by atoms with van der Waals surface area (Å²) in [5.41, 5.74) is 1.65. The van der Waals surface area contributed by atoms with Gasteiger partial charge in [-0.05, 0) is 77.6 Å². The lowest BCUT2D eigenvalue weighted by atomic mass is 9.93. The first kappa shape index (κ1) is 29.0. The van der Waals surface area contributed by atoms with Crippen LogP contribution in [-0.2, 0) is 10.9 Å². The van der Waals surface area contributed by atoms with Crippen LogP contribution in [0, 0.1) is 13.8 Å². The summed E-state index contributed by atoms with van der Waals surface area (Å²) in [6, 6.07) is 3.98. The summed E-state index contributed by atoms with van der Waals surface area (Å²) in [6.07, 6.45) is 1.37. The van der Waals surface area contributed by atoms with E-state index in [0.29, 0.717) is 24.5 Å². The van der Waals surface area contributed by atoms with E-state index >= 15 is 0 Å². The van der Waals surface area contributed by atoms with E-state index in [4.69, 9.17) is 4.74 Å². The molecule has 0 spiro atoms. The summed E-state index contributed by atoms with van der Waals surface area (Å²) in [6.45, 7) is 10.3. The van der Waals surface area contributed by atoms with Gasteiger partial charge in [-0.1, -0.05) is 0 Å². The van der Waals surface area contributed by atoms with Crippen molar-refractivity contribution in [2.24, 2.45) is 0 Å². The smallest absolute Gasteiger partial charge is 0.417 e. The number of hydrogen-bond acceptors (Lipinski definition) is 6. The number of nitrogens with zero attached hydrogens (tertiary/aromatic N) is 5. The third-order valence-electron chi connectivity index (χ3n) is 6.69. The maximum Gasteiger partial charge on any atom is 0.417 e. The number of ether oxygens (including phenoxy) is 1. The van der Waals surface area contributed by atoms with Crippen molar-refractivity contribution in [3.8, 4) is 5.82 Å². The molecule has 4 heterocycles. The normalized spacial score (nSPS) is 16.4. The van der Waals surface area contributed by atoms with Crippen molar-refractivity contribution < 1.29 is 27.5 Å². The molecule has 1 aliphatic heterocycles. The van der Waals surface area contributed by atoms with E-state index in [9.17, 15) is 22.8 Å². The Bertz CT molecular complexity index is 1380. The van der Waals surface area contributed by atoms with Crippen molar-refractivity contribution in [1.82, 2.24) is 24.6 Å². The monoisotopic (exact) mass is 558 g/mol. The molecular formula is C28H33F3N6O3. The highest BCUT2D eigenvalue weighted by molar-refractivity contribution is 6.04. The number of anilines is 1. The average molecular weight is 559 g/mol. The average Bonchev–Trinajstić information content (AvgIpc) is 3.08. The van der Waals surface area contributed by atoms with E-state index in [1.165, 1.54) is 16.9 Å². The van der Waals surface area contributed by atoms with E-state index in [2.05, 4.69) is 20.4 Å². The molecule has 0 aliphatic carbocycles. The molecule has 2 amide bonds. The molecule has 0 radical (unpaired) electrons. The van der Waals surface area contributed by atoms with Crippen LogP contribution in [-0.4, -0.2) is 55.3 Å². The number of aryl methyl sites for hydroxylation is 1. The molecule has 12 heteroatoms. The zero-order valence-corrected chi connectivity index (χ0v) is 23.2. The second-order valence-electron chi connectivity index (χ2n) is 10.9. The summed E-state index contributed by atoms with van der Waals surface area (Å²) >= 11 is 0. The number of aromatic nitrogens is 4. The molecule has 1 saturated heterocycles. The highest BCUT2D eigenvalue weighted by Gasteiger charge is 2.31. The fourth-order valence-corrected chi connectivity index (χ4v) is 4.70. The highest BCUT2D eigenvalue weighted by Crippen LogP contribution is 2.31. The summed E-state index contributed by atoms with van der Waals surface area (Å²) in [4.78, 5) is 35.7. The molecule has 1 unspecified atom stereocenters. The number of carbonyl (C=O) groups is 2. The first-order chi connectivity index (χ1) is 18.7. The van der Waals surface area contributed by atoms with E-state index in [1.54, 1.807) is 18.0 Å². The van der Waals surface area contributed by atoms with Gasteiger partial charge in [0.25, 0.3) is 5.91 Å². The number of alkyl halides is 3. The minimum Gasteiger partial charge on any atom is -0.444 e. The van der Waals surface area contributed by atoms with Crippen LogP contribution in [0.3, 0.4) is 0 Å². The number of pyridine rings is 2. The molecule has 0 bridgehead atoms. The maximum atomic E-state index is 13.0. The molecule has 9 nitrogen and oxygen atoms in total. The van der Waals surface area contributed by atoms with Crippen molar-refractivity contribution in [1.29, 1.82) is 0 Å². The van der Waals surface area contributed by atoms with E-state index in [0.717, 1.165) is 42.8 Å². The van der Waals surface area contributed by atoms with Gasteiger partial charge < -0.3 is 15.0 Å². The molecule has 1 aliphatic rings. The van der Waals surface area contributed by atoms with Crippen molar-refractivity contribution in [3.63, 3.8) is 0 Å². The third-order valence-corrected chi connectivity index (χ3v) is 6.69. The van der Waals surface area contributed by atoms with E-state index < -0.39 is 23.2 Å². The zero-order chi connectivity index (χ0) is 29.2. The number of hydrogen-bond donors (Lipinski definition) is 1. The molecule has 40 heavy (non-hydrogen) atoms. The van der Waals surface area contributed by atoms with Crippen LogP contribution in [0.15, 0.2) is 36.8 Å². The summed E-state index contributed by atoms with van der Waals surface area (Å²) in [5, 5.41) is 6.97. The Morgan fingerprint density at radius 2 is 1.77 bits per heavy atom. The Balaban J connectivity index is 1.42. The predicted octanol–water partition coefficient (Wildman–Crippen LogP) is 6.05. The lowest BCUT2D eigenvalue weighted by Gasteiger charge is -2.26. The van der Waals surface area contributed by atoms with Gasteiger partial charge in [-0.15, -0.1) is 0 Å². The van der Waals surface area contributed by atoms with Gasteiger partial charge in [0.15, 0.2) is 5.82 Å². The molecule has 3 aromatic heterocycles. The zero-order valence-electron chi connectivity index (χ0n) is 23.2. The molecule has 0 aromatic carbocycles. The molecule has 4 rings (SSSR count). The number of rotatable bonds is 4. The highest BCUT2D eigenvalue weighted by atomic mass is 19.4. The molecule has 1 fully saturated rings. The number of likely N-dealkylation sites (tertiary alicyclic amines) is 1. The van der Waals surface area contributed by atoms with E-state index in [-0.39, 0.29) is 23.4 Å². The topological polar surface area (TPSA) is 102 Å². The van der Waals surface area contributed by atoms with Crippen LogP contribution >= 0.6 is 0 Å².